The molecule has 1 aliphatic carbocycles. The molecule has 4 heterocycles. The Labute approximate surface area is 189 Å². The molecule has 1 amide bonds. The topological polar surface area (TPSA) is 88.1 Å². The fourth-order valence-electron chi connectivity index (χ4n) is 5.18. The van der Waals surface area contributed by atoms with Crippen LogP contribution >= 0.6 is 11.3 Å². The number of benzene rings is 1. The summed E-state index contributed by atoms with van der Waals surface area (Å²) in [6.45, 7) is 2.32. The second kappa shape index (κ2) is 7.86. The number of thiophene rings is 1. The van der Waals surface area contributed by atoms with Crippen molar-refractivity contribution in [3.05, 3.63) is 79.0 Å². The van der Waals surface area contributed by atoms with E-state index in [4.69, 9.17) is 0 Å². The van der Waals surface area contributed by atoms with Gasteiger partial charge in [0.15, 0.2) is 5.82 Å². The lowest BCUT2D eigenvalue weighted by molar-refractivity contribution is -0.124. The minimum atomic E-state index is -0.481. The van der Waals surface area contributed by atoms with Crippen LogP contribution in [0.3, 0.4) is 0 Å². The summed E-state index contributed by atoms with van der Waals surface area (Å²) in [5.74, 6) is 0.234. The quantitative estimate of drug-likeness (QED) is 0.560. The third-order valence-corrected chi connectivity index (χ3v) is 7.97. The Kier molecular flexibility index (Phi) is 4.84. The number of aromatic nitrogens is 2. The molecular weight excluding hydrogens is 422 g/mol. The number of nitrogens with one attached hydrogen (secondary N) is 3. The van der Waals surface area contributed by atoms with Gasteiger partial charge in [-0.3, -0.25) is 14.2 Å². The molecule has 7 nitrogen and oxygen atoms in total. The second-order valence-corrected chi connectivity index (χ2v) is 9.97. The van der Waals surface area contributed by atoms with Crippen molar-refractivity contribution in [3.8, 4) is 0 Å². The molecule has 2 aliphatic heterocycles. The summed E-state index contributed by atoms with van der Waals surface area (Å²) < 4.78 is 1.64. The molecule has 0 saturated heterocycles. The molecule has 0 radical (unpaired) electrons. The number of hydrogen-bond acceptors (Lipinski definition) is 6. The van der Waals surface area contributed by atoms with Crippen LogP contribution in [-0.2, 0) is 37.3 Å². The van der Waals surface area contributed by atoms with Crippen molar-refractivity contribution >= 4 is 23.1 Å². The Hall–Kier alpha value is -2.97. The van der Waals surface area contributed by atoms with Crippen molar-refractivity contribution in [1.29, 1.82) is 0 Å². The Bertz CT molecular complexity index is 1240. The highest BCUT2D eigenvalue weighted by Crippen LogP contribution is 2.33. The zero-order valence-electron chi connectivity index (χ0n) is 17.7. The number of amides is 1. The highest BCUT2D eigenvalue weighted by Gasteiger charge is 2.31. The van der Waals surface area contributed by atoms with E-state index in [9.17, 15) is 9.59 Å². The van der Waals surface area contributed by atoms with Gasteiger partial charge in [0.25, 0.3) is 5.56 Å². The third-order valence-electron chi connectivity index (χ3n) is 6.79. The molecule has 0 bridgehead atoms. The molecule has 0 fully saturated rings. The fraction of sp³-hybridized carbons (Fsp3) is 0.375. The highest BCUT2D eigenvalue weighted by atomic mass is 32.1. The third kappa shape index (κ3) is 3.34. The van der Waals surface area contributed by atoms with Gasteiger partial charge in [-0.2, -0.15) is 0 Å². The zero-order valence-corrected chi connectivity index (χ0v) is 18.5. The van der Waals surface area contributed by atoms with Crippen molar-refractivity contribution < 1.29 is 4.79 Å². The van der Waals surface area contributed by atoms with Crippen LogP contribution in [0.15, 0.2) is 41.3 Å². The van der Waals surface area contributed by atoms with Gasteiger partial charge < -0.3 is 16.0 Å². The molecule has 1 aromatic carbocycles. The van der Waals surface area contributed by atoms with Gasteiger partial charge in [-0.15, -0.1) is 11.3 Å². The summed E-state index contributed by atoms with van der Waals surface area (Å²) in [7, 11) is 0. The lowest BCUT2D eigenvalue weighted by Gasteiger charge is -2.18. The molecule has 3 aromatic rings. The van der Waals surface area contributed by atoms with Crippen molar-refractivity contribution in [1.82, 2.24) is 20.2 Å². The van der Waals surface area contributed by atoms with Crippen LogP contribution < -0.4 is 21.5 Å². The SMILES string of the molecule is O=C(NCc1cc2c(s1)CNC2)[C@@H]1CCc2cnc(N[C@@H]3CCc4ccccc43)c(=O)n21. The van der Waals surface area contributed by atoms with Crippen LogP contribution in [0.5, 0.6) is 0 Å². The number of hydrogen-bond donors (Lipinski definition) is 3. The van der Waals surface area contributed by atoms with Gasteiger partial charge in [-0.05, 0) is 48.4 Å². The van der Waals surface area contributed by atoms with E-state index < -0.39 is 6.04 Å². The first-order chi connectivity index (χ1) is 15.7. The maximum Gasteiger partial charge on any atom is 0.294 e. The van der Waals surface area contributed by atoms with Crippen LogP contribution in [-0.4, -0.2) is 15.5 Å². The number of carbonyl (C=O) groups excluding carboxylic acids is 1. The van der Waals surface area contributed by atoms with Gasteiger partial charge in [-0.1, -0.05) is 24.3 Å². The molecule has 164 valence electrons. The van der Waals surface area contributed by atoms with E-state index in [0.29, 0.717) is 25.2 Å². The lowest BCUT2D eigenvalue weighted by atomic mass is 10.1. The first-order valence-corrected chi connectivity index (χ1v) is 12.0. The molecule has 0 unspecified atom stereocenters. The van der Waals surface area contributed by atoms with Crippen molar-refractivity contribution in [2.75, 3.05) is 5.32 Å². The molecule has 0 saturated carbocycles. The van der Waals surface area contributed by atoms with Gasteiger partial charge in [0, 0.05) is 34.7 Å². The Morgan fingerprint density at radius 3 is 3.00 bits per heavy atom. The average Bonchev–Trinajstić information content (AvgIpc) is 3.57. The lowest BCUT2D eigenvalue weighted by Crippen LogP contribution is -2.36. The van der Waals surface area contributed by atoms with Crippen LogP contribution in [0.25, 0.3) is 0 Å². The van der Waals surface area contributed by atoms with Crippen LogP contribution in [0.4, 0.5) is 5.82 Å². The molecule has 2 atom stereocenters. The predicted octanol–water partition coefficient (Wildman–Crippen LogP) is 2.81. The van der Waals surface area contributed by atoms with Crippen LogP contribution in [0.1, 0.15) is 57.1 Å². The van der Waals surface area contributed by atoms with E-state index in [1.54, 1.807) is 22.1 Å². The number of fused-ring (bicyclic) bond motifs is 3. The number of aryl methyl sites for hydroxylation is 2. The summed E-state index contributed by atoms with van der Waals surface area (Å²) in [5, 5.41) is 9.74. The van der Waals surface area contributed by atoms with Crippen molar-refractivity contribution in [2.45, 2.75) is 57.4 Å². The van der Waals surface area contributed by atoms with Gasteiger partial charge in [-0.25, -0.2) is 4.98 Å². The number of nitrogens with zero attached hydrogens (tertiary/aromatic N) is 2. The Morgan fingerprint density at radius 1 is 1.19 bits per heavy atom. The Morgan fingerprint density at radius 2 is 2.09 bits per heavy atom. The van der Waals surface area contributed by atoms with E-state index in [-0.39, 0.29) is 17.5 Å². The molecule has 3 aliphatic rings. The maximum atomic E-state index is 13.3. The number of rotatable bonds is 5. The van der Waals surface area contributed by atoms with E-state index in [1.165, 1.54) is 21.6 Å². The van der Waals surface area contributed by atoms with E-state index in [0.717, 1.165) is 36.5 Å². The average molecular weight is 448 g/mol. The fourth-order valence-corrected chi connectivity index (χ4v) is 6.28. The summed E-state index contributed by atoms with van der Waals surface area (Å²) in [5.41, 5.74) is 4.50. The summed E-state index contributed by atoms with van der Waals surface area (Å²) in [6, 6.07) is 10.1. The normalized spacial score (nSPS) is 20.6. The number of carbonyl (C=O) groups is 1. The van der Waals surface area contributed by atoms with E-state index >= 15 is 0 Å². The van der Waals surface area contributed by atoms with Crippen molar-refractivity contribution in [3.63, 3.8) is 0 Å². The first-order valence-electron chi connectivity index (χ1n) is 11.2. The maximum absolute atomic E-state index is 13.3. The largest absolute Gasteiger partial charge is 0.359 e. The van der Waals surface area contributed by atoms with Gasteiger partial charge in [0.05, 0.1) is 12.6 Å². The van der Waals surface area contributed by atoms with Crippen LogP contribution in [0, 0.1) is 0 Å². The first kappa shape index (κ1) is 19.7. The van der Waals surface area contributed by atoms with E-state index in [1.807, 2.05) is 12.1 Å². The molecule has 8 heteroatoms. The minimum Gasteiger partial charge on any atom is -0.359 e. The summed E-state index contributed by atoms with van der Waals surface area (Å²) >= 11 is 1.74. The Balaban J connectivity index is 1.19. The predicted molar refractivity (Wildman–Crippen MR) is 124 cm³/mol. The monoisotopic (exact) mass is 447 g/mol. The molecule has 3 N–H and O–H groups in total. The molecule has 2 aromatic heterocycles. The minimum absolute atomic E-state index is 0.0778. The van der Waals surface area contributed by atoms with E-state index in [2.05, 4.69) is 39.1 Å². The molecular formula is C24H25N5O2S. The molecule has 32 heavy (non-hydrogen) atoms. The smallest absolute Gasteiger partial charge is 0.294 e. The van der Waals surface area contributed by atoms with Gasteiger partial charge in [0.1, 0.15) is 6.04 Å². The standard InChI is InChI=1S/C24H25N5O2S/c30-23(27-12-17-9-15-10-25-13-21(15)32-17)20-8-6-16-11-26-22(24(31)29(16)20)28-19-7-5-14-3-1-2-4-18(14)19/h1-4,9,11,19-20,25H,5-8,10,12-13H2,(H,26,28)(H,27,30)/t19-,20+/m1/s1. The summed E-state index contributed by atoms with van der Waals surface area (Å²) in [4.78, 5) is 33.2. The molecule has 6 rings (SSSR count). The van der Waals surface area contributed by atoms with Crippen LogP contribution in [0.2, 0.25) is 0 Å². The van der Waals surface area contributed by atoms with Crippen molar-refractivity contribution in [2.24, 2.45) is 0 Å². The molecule has 0 spiro atoms. The number of anilines is 1. The highest BCUT2D eigenvalue weighted by molar-refractivity contribution is 7.12. The zero-order chi connectivity index (χ0) is 21.7. The van der Waals surface area contributed by atoms with Gasteiger partial charge in [0.2, 0.25) is 5.91 Å². The second-order valence-electron chi connectivity index (χ2n) is 8.74. The summed E-state index contributed by atoms with van der Waals surface area (Å²) in [6.07, 6.45) is 4.99. The van der Waals surface area contributed by atoms with Gasteiger partial charge >= 0.3 is 0 Å².